The quantitative estimate of drug-likeness (QED) is 0.827. The standard InChI is InChI=1S/C15H24N2O2/c1-10(2)12-5-6-13(14(7-12)19-4)15(18)17-9-11(3)8-16/h5-7,10-11H,8-9,16H2,1-4H3,(H,17,18). The molecule has 0 aliphatic carbocycles. The lowest BCUT2D eigenvalue weighted by Gasteiger charge is -2.14. The second kappa shape index (κ2) is 7.14. The van der Waals surface area contributed by atoms with Gasteiger partial charge < -0.3 is 15.8 Å². The normalized spacial score (nSPS) is 12.3. The van der Waals surface area contributed by atoms with Crippen molar-refractivity contribution in [2.24, 2.45) is 11.7 Å². The van der Waals surface area contributed by atoms with Gasteiger partial charge in [-0.15, -0.1) is 0 Å². The molecule has 1 amide bonds. The first-order chi connectivity index (χ1) is 8.99. The van der Waals surface area contributed by atoms with E-state index in [2.05, 4.69) is 19.2 Å². The monoisotopic (exact) mass is 264 g/mol. The highest BCUT2D eigenvalue weighted by Crippen LogP contribution is 2.24. The van der Waals surface area contributed by atoms with Crippen molar-refractivity contribution in [3.05, 3.63) is 29.3 Å². The molecule has 0 saturated heterocycles. The SMILES string of the molecule is COc1cc(C(C)C)ccc1C(=O)NCC(C)CN. The van der Waals surface area contributed by atoms with Crippen LogP contribution >= 0.6 is 0 Å². The maximum Gasteiger partial charge on any atom is 0.255 e. The van der Waals surface area contributed by atoms with Gasteiger partial charge in [0.05, 0.1) is 12.7 Å². The minimum atomic E-state index is -0.118. The molecule has 1 rings (SSSR count). The molecular formula is C15H24N2O2. The Morgan fingerprint density at radius 1 is 1.37 bits per heavy atom. The molecule has 1 aromatic carbocycles. The number of ether oxygens (including phenoxy) is 1. The van der Waals surface area contributed by atoms with Crippen molar-refractivity contribution in [1.29, 1.82) is 0 Å². The molecule has 1 unspecified atom stereocenters. The summed E-state index contributed by atoms with van der Waals surface area (Å²) in [5.74, 6) is 1.17. The van der Waals surface area contributed by atoms with Gasteiger partial charge in [-0.3, -0.25) is 4.79 Å². The Kier molecular flexibility index (Phi) is 5.83. The largest absolute Gasteiger partial charge is 0.496 e. The maximum absolute atomic E-state index is 12.1. The van der Waals surface area contributed by atoms with E-state index >= 15 is 0 Å². The van der Waals surface area contributed by atoms with E-state index in [4.69, 9.17) is 10.5 Å². The Morgan fingerprint density at radius 3 is 2.58 bits per heavy atom. The summed E-state index contributed by atoms with van der Waals surface area (Å²) in [6.07, 6.45) is 0. The molecule has 0 fully saturated rings. The van der Waals surface area contributed by atoms with Crippen LogP contribution in [0.4, 0.5) is 0 Å². The Bertz CT molecular complexity index is 430. The number of hydrogen-bond acceptors (Lipinski definition) is 3. The van der Waals surface area contributed by atoms with Crippen molar-refractivity contribution in [3.63, 3.8) is 0 Å². The number of methoxy groups -OCH3 is 1. The minimum Gasteiger partial charge on any atom is -0.496 e. The van der Waals surface area contributed by atoms with Crippen LogP contribution in [0.3, 0.4) is 0 Å². The van der Waals surface area contributed by atoms with Crippen LogP contribution < -0.4 is 15.8 Å². The van der Waals surface area contributed by atoms with E-state index in [0.717, 1.165) is 5.56 Å². The van der Waals surface area contributed by atoms with Crippen LogP contribution in [0, 0.1) is 5.92 Å². The fourth-order valence-electron chi connectivity index (χ4n) is 1.70. The molecule has 106 valence electrons. The molecule has 0 saturated carbocycles. The van der Waals surface area contributed by atoms with Gasteiger partial charge in [-0.25, -0.2) is 0 Å². The zero-order chi connectivity index (χ0) is 14.4. The lowest BCUT2D eigenvalue weighted by Crippen LogP contribution is -2.31. The molecule has 19 heavy (non-hydrogen) atoms. The summed E-state index contributed by atoms with van der Waals surface area (Å²) >= 11 is 0. The minimum absolute atomic E-state index is 0.118. The predicted octanol–water partition coefficient (Wildman–Crippen LogP) is 2.14. The molecule has 0 spiro atoms. The van der Waals surface area contributed by atoms with Crippen LogP contribution in [-0.4, -0.2) is 26.1 Å². The average Bonchev–Trinajstić information content (AvgIpc) is 2.43. The van der Waals surface area contributed by atoms with Crippen LogP contribution in [0.5, 0.6) is 5.75 Å². The third kappa shape index (κ3) is 4.24. The Balaban J connectivity index is 2.84. The van der Waals surface area contributed by atoms with Gasteiger partial charge in [0, 0.05) is 6.54 Å². The van der Waals surface area contributed by atoms with E-state index in [1.807, 2.05) is 25.1 Å². The zero-order valence-corrected chi connectivity index (χ0v) is 12.2. The van der Waals surface area contributed by atoms with Gasteiger partial charge in [-0.1, -0.05) is 26.8 Å². The summed E-state index contributed by atoms with van der Waals surface area (Å²) in [7, 11) is 1.58. The van der Waals surface area contributed by atoms with Crippen LogP contribution in [0.1, 0.15) is 42.6 Å². The van der Waals surface area contributed by atoms with Gasteiger partial charge in [0.1, 0.15) is 5.75 Å². The van der Waals surface area contributed by atoms with Crippen molar-refractivity contribution >= 4 is 5.91 Å². The van der Waals surface area contributed by atoms with E-state index in [9.17, 15) is 4.79 Å². The van der Waals surface area contributed by atoms with Gasteiger partial charge >= 0.3 is 0 Å². The van der Waals surface area contributed by atoms with Gasteiger partial charge in [0.15, 0.2) is 0 Å². The van der Waals surface area contributed by atoms with Crippen molar-refractivity contribution in [3.8, 4) is 5.75 Å². The second-order valence-corrected chi connectivity index (χ2v) is 5.17. The Labute approximate surface area is 115 Å². The third-order valence-electron chi connectivity index (χ3n) is 3.15. The number of carbonyl (C=O) groups is 1. The van der Waals surface area contributed by atoms with E-state index in [1.54, 1.807) is 7.11 Å². The molecule has 1 aromatic rings. The fraction of sp³-hybridized carbons (Fsp3) is 0.533. The second-order valence-electron chi connectivity index (χ2n) is 5.17. The van der Waals surface area contributed by atoms with Crippen molar-refractivity contribution in [1.82, 2.24) is 5.32 Å². The van der Waals surface area contributed by atoms with Gasteiger partial charge in [0.25, 0.3) is 5.91 Å². The maximum atomic E-state index is 12.1. The summed E-state index contributed by atoms with van der Waals surface area (Å²) in [4.78, 5) is 12.1. The first-order valence-electron chi connectivity index (χ1n) is 6.65. The van der Waals surface area contributed by atoms with Crippen LogP contribution in [0.25, 0.3) is 0 Å². The topological polar surface area (TPSA) is 64.3 Å². The van der Waals surface area contributed by atoms with Crippen LogP contribution in [0.15, 0.2) is 18.2 Å². The first kappa shape index (κ1) is 15.5. The summed E-state index contributed by atoms with van der Waals surface area (Å²) in [6.45, 7) is 7.35. The highest BCUT2D eigenvalue weighted by atomic mass is 16.5. The van der Waals surface area contributed by atoms with Gasteiger partial charge in [0.2, 0.25) is 0 Å². The molecule has 1 atom stereocenters. The molecule has 0 aliphatic rings. The smallest absolute Gasteiger partial charge is 0.255 e. The summed E-state index contributed by atoms with van der Waals surface area (Å²) in [5, 5.41) is 2.87. The lowest BCUT2D eigenvalue weighted by atomic mass is 10.0. The van der Waals surface area contributed by atoms with Gasteiger partial charge in [-0.2, -0.15) is 0 Å². The third-order valence-corrected chi connectivity index (χ3v) is 3.15. The molecule has 3 N–H and O–H groups in total. The van der Waals surface area contributed by atoms with Crippen molar-refractivity contribution in [2.75, 3.05) is 20.2 Å². The molecule has 0 aromatic heterocycles. The summed E-state index contributed by atoms with van der Waals surface area (Å²) < 4.78 is 5.30. The number of carbonyl (C=O) groups excluding carboxylic acids is 1. The molecule has 0 heterocycles. The Morgan fingerprint density at radius 2 is 2.05 bits per heavy atom. The summed E-state index contributed by atoms with van der Waals surface area (Å²) in [6, 6.07) is 5.71. The number of rotatable bonds is 6. The van der Waals surface area contributed by atoms with Crippen LogP contribution in [-0.2, 0) is 0 Å². The molecule has 0 radical (unpaired) electrons. The highest BCUT2D eigenvalue weighted by molar-refractivity contribution is 5.97. The Hall–Kier alpha value is -1.55. The van der Waals surface area contributed by atoms with E-state index < -0.39 is 0 Å². The van der Waals surface area contributed by atoms with Crippen molar-refractivity contribution < 1.29 is 9.53 Å². The van der Waals surface area contributed by atoms with Crippen molar-refractivity contribution in [2.45, 2.75) is 26.7 Å². The van der Waals surface area contributed by atoms with Gasteiger partial charge in [-0.05, 0) is 36.1 Å². The molecule has 4 nitrogen and oxygen atoms in total. The first-order valence-corrected chi connectivity index (χ1v) is 6.65. The molecule has 0 bridgehead atoms. The van der Waals surface area contributed by atoms with E-state index in [0.29, 0.717) is 30.3 Å². The average molecular weight is 264 g/mol. The summed E-state index contributed by atoms with van der Waals surface area (Å²) in [5.41, 5.74) is 7.25. The highest BCUT2D eigenvalue weighted by Gasteiger charge is 2.14. The molecule has 4 heteroatoms. The fourth-order valence-corrected chi connectivity index (χ4v) is 1.70. The number of nitrogens with one attached hydrogen (secondary N) is 1. The van der Waals surface area contributed by atoms with E-state index in [1.165, 1.54) is 0 Å². The number of hydrogen-bond donors (Lipinski definition) is 2. The number of amides is 1. The predicted molar refractivity (Wildman–Crippen MR) is 77.6 cm³/mol. The number of benzene rings is 1. The number of nitrogens with two attached hydrogens (primary N) is 1. The van der Waals surface area contributed by atoms with Crippen LogP contribution in [0.2, 0.25) is 0 Å². The molecular weight excluding hydrogens is 240 g/mol. The zero-order valence-electron chi connectivity index (χ0n) is 12.2. The van der Waals surface area contributed by atoms with E-state index in [-0.39, 0.29) is 11.8 Å². The molecule has 0 aliphatic heterocycles. The lowest BCUT2D eigenvalue weighted by molar-refractivity contribution is 0.0945.